The van der Waals surface area contributed by atoms with Crippen molar-refractivity contribution < 1.29 is 18.7 Å². The molecule has 0 unspecified atom stereocenters. The Morgan fingerprint density at radius 1 is 1.21 bits per heavy atom. The molecule has 1 aromatic carbocycles. The quantitative estimate of drug-likeness (QED) is 0.742. The first-order chi connectivity index (χ1) is 13.6. The number of piperidine rings is 1. The maximum Gasteiger partial charge on any atom is 0.273 e. The minimum absolute atomic E-state index is 0.00556. The van der Waals surface area contributed by atoms with Crippen LogP contribution >= 0.6 is 0 Å². The summed E-state index contributed by atoms with van der Waals surface area (Å²) < 4.78 is 18.1. The maximum atomic E-state index is 13.0. The van der Waals surface area contributed by atoms with Gasteiger partial charge in [-0.3, -0.25) is 14.5 Å². The third kappa shape index (κ3) is 5.13. The van der Waals surface area contributed by atoms with E-state index >= 15 is 0 Å². The van der Waals surface area contributed by atoms with Crippen molar-refractivity contribution in [2.75, 3.05) is 33.3 Å². The number of methoxy groups -OCH3 is 1. The Kier molecular flexibility index (Phi) is 6.71. The molecule has 1 aromatic heterocycles. The number of hydrogen-bond donors (Lipinski definition) is 1. The van der Waals surface area contributed by atoms with Crippen LogP contribution in [0.5, 0.6) is 5.75 Å². The first kappa shape index (κ1) is 19.9. The molecule has 6 nitrogen and oxygen atoms in total. The lowest BCUT2D eigenvalue weighted by molar-refractivity contribution is 0.0885. The number of ketones is 1. The fourth-order valence-electron chi connectivity index (χ4n) is 3.33. The molecule has 1 fully saturated rings. The lowest BCUT2D eigenvalue weighted by atomic mass is 9.96. The molecule has 0 radical (unpaired) electrons. The summed E-state index contributed by atoms with van der Waals surface area (Å²) in [7, 11) is 1.51. The Morgan fingerprint density at radius 3 is 2.61 bits per heavy atom. The summed E-state index contributed by atoms with van der Waals surface area (Å²) in [6, 6.07) is 9.08. The van der Waals surface area contributed by atoms with E-state index in [-0.39, 0.29) is 23.2 Å². The number of nitrogens with one attached hydrogen (secondary N) is 1. The zero-order valence-corrected chi connectivity index (χ0v) is 15.9. The molecule has 0 atom stereocenters. The number of rotatable bonds is 7. The number of benzene rings is 1. The summed E-state index contributed by atoms with van der Waals surface area (Å²) >= 11 is 0. The average molecular weight is 385 g/mol. The number of nitrogens with zero attached hydrogens (tertiary/aromatic N) is 2. The van der Waals surface area contributed by atoms with Crippen molar-refractivity contribution in [3.63, 3.8) is 0 Å². The molecule has 0 bridgehead atoms. The molecule has 2 aromatic rings. The van der Waals surface area contributed by atoms with Crippen molar-refractivity contribution in [3.05, 3.63) is 59.7 Å². The molecule has 0 aliphatic carbocycles. The summed E-state index contributed by atoms with van der Waals surface area (Å²) in [4.78, 5) is 30.8. The van der Waals surface area contributed by atoms with Crippen LogP contribution in [0.25, 0.3) is 0 Å². The van der Waals surface area contributed by atoms with Crippen molar-refractivity contribution in [3.8, 4) is 5.75 Å². The van der Waals surface area contributed by atoms with Gasteiger partial charge in [-0.25, -0.2) is 9.37 Å². The van der Waals surface area contributed by atoms with Gasteiger partial charge in [0.25, 0.3) is 5.91 Å². The molecule has 28 heavy (non-hydrogen) atoms. The number of carbonyl (C=O) groups is 2. The van der Waals surface area contributed by atoms with E-state index in [1.807, 2.05) is 0 Å². The van der Waals surface area contributed by atoms with E-state index in [4.69, 9.17) is 4.74 Å². The first-order valence-corrected chi connectivity index (χ1v) is 9.35. The van der Waals surface area contributed by atoms with E-state index in [1.165, 1.54) is 31.4 Å². The van der Waals surface area contributed by atoms with Crippen LogP contribution in [-0.2, 0) is 0 Å². The van der Waals surface area contributed by atoms with Crippen molar-refractivity contribution in [1.82, 2.24) is 15.2 Å². The van der Waals surface area contributed by atoms with Crippen molar-refractivity contribution in [2.24, 2.45) is 5.92 Å². The zero-order chi connectivity index (χ0) is 19.9. The monoisotopic (exact) mass is 385 g/mol. The maximum absolute atomic E-state index is 13.0. The Hall–Kier alpha value is -2.80. The summed E-state index contributed by atoms with van der Waals surface area (Å²) in [5.74, 6) is 0.216. The fraction of sp³-hybridized carbons (Fsp3) is 0.381. The highest BCUT2D eigenvalue weighted by Crippen LogP contribution is 2.18. The lowest BCUT2D eigenvalue weighted by Crippen LogP contribution is -2.40. The van der Waals surface area contributed by atoms with Crippen LogP contribution in [0, 0.1) is 11.7 Å². The smallest absolute Gasteiger partial charge is 0.273 e. The van der Waals surface area contributed by atoms with Gasteiger partial charge in [0.2, 0.25) is 0 Å². The van der Waals surface area contributed by atoms with Gasteiger partial charge in [-0.05, 0) is 68.2 Å². The normalized spacial score (nSPS) is 15.2. The van der Waals surface area contributed by atoms with Gasteiger partial charge in [-0.1, -0.05) is 0 Å². The number of aromatic nitrogens is 1. The predicted molar refractivity (Wildman–Crippen MR) is 103 cm³/mol. The van der Waals surface area contributed by atoms with Crippen molar-refractivity contribution in [2.45, 2.75) is 12.8 Å². The number of Topliss-reactive ketones (excluding diaryl/α,β-unsaturated/α-hetero) is 1. The number of likely N-dealkylation sites (tertiary alicyclic amines) is 1. The molecule has 3 rings (SSSR count). The van der Waals surface area contributed by atoms with E-state index in [2.05, 4.69) is 15.2 Å². The summed E-state index contributed by atoms with van der Waals surface area (Å²) in [5.41, 5.74) is 0.812. The fourth-order valence-corrected chi connectivity index (χ4v) is 3.33. The Labute approximate surface area is 163 Å². The Balaban J connectivity index is 1.43. The van der Waals surface area contributed by atoms with Crippen LogP contribution in [0.15, 0.2) is 42.6 Å². The number of ether oxygens (including phenoxy) is 1. The number of pyridine rings is 1. The molecule has 1 aliphatic rings. The van der Waals surface area contributed by atoms with Gasteiger partial charge in [0, 0.05) is 18.3 Å². The number of carbonyl (C=O) groups excluding carboxylic acids is 2. The highest BCUT2D eigenvalue weighted by molar-refractivity contribution is 5.97. The molecule has 1 N–H and O–H groups in total. The first-order valence-electron chi connectivity index (χ1n) is 9.35. The Morgan fingerprint density at radius 2 is 1.93 bits per heavy atom. The molecular weight excluding hydrogens is 361 g/mol. The SMILES string of the molecule is COc1cccnc1C(=O)NCC1CCN(CC(=O)c2ccc(F)cc2)CC1. The second-order valence-electron chi connectivity index (χ2n) is 6.91. The lowest BCUT2D eigenvalue weighted by Gasteiger charge is -2.31. The molecular formula is C21H24FN3O3. The highest BCUT2D eigenvalue weighted by atomic mass is 19.1. The van der Waals surface area contributed by atoms with Crippen LogP contribution in [0.3, 0.4) is 0 Å². The minimum atomic E-state index is -0.345. The number of amides is 1. The second kappa shape index (κ2) is 9.41. The van der Waals surface area contributed by atoms with E-state index in [9.17, 15) is 14.0 Å². The molecule has 1 amide bonds. The zero-order valence-electron chi connectivity index (χ0n) is 15.9. The topological polar surface area (TPSA) is 71.5 Å². The standard InChI is InChI=1S/C21H24FN3O3/c1-28-19-3-2-10-23-20(19)21(27)24-13-15-8-11-25(12-9-15)14-18(26)16-4-6-17(22)7-5-16/h2-7,10,15H,8-9,11-14H2,1H3,(H,24,27). The van der Waals surface area contributed by atoms with E-state index in [0.717, 1.165) is 25.9 Å². The largest absolute Gasteiger partial charge is 0.494 e. The van der Waals surface area contributed by atoms with E-state index in [1.54, 1.807) is 18.3 Å². The number of halogens is 1. The van der Waals surface area contributed by atoms with Gasteiger partial charge in [0.15, 0.2) is 11.5 Å². The van der Waals surface area contributed by atoms with Gasteiger partial charge >= 0.3 is 0 Å². The molecule has 0 saturated carbocycles. The van der Waals surface area contributed by atoms with Crippen LogP contribution < -0.4 is 10.1 Å². The second-order valence-corrected chi connectivity index (χ2v) is 6.91. The van der Waals surface area contributed by atoms with Gasteiger partial charge in [0.1, 0.15) is 11.6 Å². The third-order valence-electron chi connectivity index (χ3n) is 5.00. The molecule has 7 heteroatoms. The Bertz CT molecular complexity index is 818. The van der Waals surface area contributed by atoms with Crippen LogP contribution in [0.1, 0.15) is 33.7 Å². The summed E-state index contributed by atoms with van der Waals surface area (Å²) in [5, 5.41) is 2.93. The van der Waals surface area contributed by atoms with Crippen molar-refractivity contribution >= 4 is 11.7 Å². The number of hydrogen-bond acceptors (Lipinski definition) is 5. The predicted octanol–water partition coefficient (Wildman–Crippen LogP) is 2.55. The van der Waals surface area contributed by atoms with Gasteiger partial charge < -0.3 is 10.1 Å². The minimum Gasteiger partial charge on any atom is -0.494 e. The van der Waals surface area contributed by atoms with Gasteiger partial charge in [-0.15, -0.1) is 0 Å². The summed E-state index contributed by atoms with van der Waals surface area (Å²) in [6.45, 7) is 2.48. The van der Waals surface area contributed by atoms with E-state index < -0.39 is 0 Å². The van der Waals surface area contributed by atoms with Crippen LogP contribution in [-0.4, -0.2) is 54.9 Å². The highest BCUT2D eigenvalue weighted by Gasteiger charge is 2.22. The molecule has 1 saturated heterocycles. The third-order valence-corrected chi connectivity index (χ3v) is 5.00. The van der Waals surface area contributed by atoms with E-state index in [0.29, 0.717) is 30.3 Å². The molecule has 2 heterocycles. The van der Waals surface area contributed by atoms with Crippen LogP contribution in [0.2, 0.25) is 0 Å². The molecule has 1 aliphatic heterocycles. The van der Waals surface area contributed by atoms with Crippen molar-refractivity contribution in [1.29, 1.82) is 0 Å². The average Bonchev–Trinajstić information content (AvgIpc) is 2.73. The molecule has 148 valence electrons. The van der Waals surface area contributed by atoms with Gasteiger partial charge in [0.05, 0.1) is 13.7 Å². The molecule has 0 spiro atoms. The van der Waals surface area contributed by atoms with Gasteiger partial charge in [-0.2, -0.15) is 0 Å². The summed E-state index contributed by atoms with van der Waals surface area (Å²) in [6.07, 6.45) is 3.36. The van der Waals surface area contributed by atoms with Crippen LogP contribution in [0.4, 0.5) is 4.39 Å².